The van der Waals surface area contributed by atoms with Crippen molar-refractivity contribution in [3.05, 3.63) is 94.5 Å². The molecule has 1 aliphatic heterocycles. The van der Waals surface area contributed by atoms with Crippen LogP contribution in [-0.2, 0) is 32.7 Å². The summed E-state index contributed by atoms with van der Waals surface area (Å²) in [5, 5.41) is 2.85. The molecule has 3 aromatic rings. The van der Waals surface area contributed by atoms with Gasteiger partial charge in [-0.3, -0.25) is 13.9 Å². The highest BCUT2D eigenvalue weighted by molar-refractivity contribution is 7.92. The smallest absolute Gasteiger partial charge is 0.264 e. The van der Waals surface area contributed by atoms with Crippen LogP contribution in [0.2, 0.25) is 0 Å². The average Bonchev–Trinajstić information content (AvgIpc) is 3.25. The molecule has 8 heteroatoms. The first-order valence-electron chi connectivity index (χ1n) is 12.4. The fraction of sp³-hybridized carbons (Fsp3) is 0.310. The number of nitrogens with zero attached hydrogens (tertiary/aromatic N) is 2. The highest BCUT2D eigenvalue weighted by atomic mass is 32.2. The van der Waals surface area contributed by atoms with E-state index in [9.17, 15) is 18.0 Å². The molecule has 0 atom stereocenters. The molecule has 3 aromatic carbocycles. The maximum Gasteiger partial charge on any atom is 0.264 e. The number of rotatable bonds is 9. The Bertz CT molecular complexity index is 1360. The van der Waals surface area contributed by atoms with Gasteiger partial charge in [-0.2, -0.15) is 0 Å². The summed E-state index contributed by atoms with van der Waals surface area (Å²) >= 11 is 0. The molecule has 0 aliphatic carbocycles. The first-order chi connectivity index (χ1) is 17.6. The van der Waals surface area contributed by atoms with Crippen LogP contribution in [0.25, 0.3) is 0 Å². The van der Waals surface area contributed by atoms with E-state index in [1.165, 1.54) is 4.31 Å². The summed E-state index contributed by atoms with van der Waals surface area (Å²) in [6, 6.07) is 19.9. The third-order valence-corrected chi connectivity index (χ3v) is 8.24. The Kier molecular flexibility index (Phi) is 7.97. The van der Waals surface area contributed by atoms with Crippen molar-refractivity contribution < 1.29 is 18.0 Å². The third kappa shape index (κ3) is 6.57. The molecule has 1 saturated heterocycles. The minimum atomic E-state index is -3.96. The SMILES string of the molecule is Cc1ccc(S(=O)(=O)N(CC(=O)NCc2ccc(CN3CCCC3=O)cc2)c2cc(C)cc(C)c2)cc1. The number of hydrogen-bond acceptors (Lipinski definition) is 4. The van der Waals surface area contributed by atoms with Gasteiger partial charge in [0, 0.05) is 26.1 Å². The van der Waals surface area contributed by atoms with Gasteiger partial charge in [-0.05, 0) is 73.7 Å². The van der Waals surface area contributed by atoms with E-state index >= 15 is 0 Å². The van der Waals surface area contributed by atoms with Crippen LogP contribution in [0.5, 0.6) is 0 Å². The van der Waals surface area contributed by atoms with Crippen LogP contribution >= 0.6 is 0 Å². The largest absolute Gasteiger partial charge is 0.350 e. The number of anilines is 1. The molecule has 7 nitrogen and oxygen atoms in total. The molecular weight excluding hydrogens is 486 g/mol. The van der Waals surface area contributed by atoms with Crippen molar-refractivity contribution in [2.45, 2.75) is 51.6 Å². The zero-order chi connectivity index (χ0) is 26.6. The Morgan fingerprint density at radius 3 is 2.11 bits per heavy atom. The molecule has 4 rings (SSSR count). The first kappa shape index (κ1) is 26.4. The summed E-state index contributed by atoms with van der Waals surface area (Å²) in [7, 11) is -3.96. The fourth-order valence-electron chi connectivity index (χ4n) is 4.49. The Morgan fingerprint density at radius 1 is 0.892 bits per heavy atom. The molecule has 1 fully saturated rings. The molecule has 0 aromatic heterocycles. The van der Waals surface area contributed by atoms with E-state index in [2.05, 4.69) is 5.32 Å². The number of carbonyl (C=O) groups excluding carboxylic acids is 2. The van der Waals surface area contributed by atoms with E-state index < -0.39 is 15.9 Å². The molecule has 0 bridgehead atoms. The number of carbonyl (C=O) groups is 2. The van der Waals surface area contributed by atoms with Crippen molar-refractivity contribution in [3.8, 4) is 0 Å². The van der Waals surface area contributed by atoms with Gasteiger partial charge in [0.2, 0.25) is 11.8 Å². The molecule has 0 radical (unpaired) electrons. The maximum absolute atomic E-state index is 13.6. The molecule has 2 amide bonds. The Balaban J connectivity index is 1.47. The van der Waals surface area contributed by atoms with Gasteiger partial charge in [0.05, 0.1) is 10.6 Å². The predicted octanol–water partition coefficient (Wildman–Crippen LogP) is 4.25. The predicted molar refractivity (Wildman–Crippen MR) is 145 cm³/mol. The summed E-state index contributed by atoms with van der Waals surface area (Å²) in [6.07, 6.45) is 1.52. The number of hydrogen-bond donors (Lipinski definition) is 1. The molecule has 0 unspecified atom stereocenters. The number of nitrogens with one attached hydrogen (secondary N) is 1. The van der Waals surface area contributed by atoms with Gasteiger partial charge < -0.3 is 10.2 Å². The van der Waals surface area contributed by atoms with Crippen molar-refractivity contribution in [2.24, 2.45) is 0 Å². The van der Waals surface area contributed by atoms with Crippen molar-refractivity contribution in [1.29, 1.82) is 0 Å². The first-order valence-corrected chi connectivity index (χ1v) is 13.9. The van der Waals surface area contributed by atoms with Crippen LogP contribution in [0.4, 0.5) is 5.69 Å². The lowest BCUT2D eigenvalue weighted by atomic mass is 10.1. The van der Waals surface area contributed by atoms with Gasteiger partial charge >= 0.3 is 0 Å². The van der Waals surface area contributed by atoms with Crippen LogP contribution in [-0.4, -0.2) is 38.2 Å². The van der Waals surface area contributed by atoms with Crippen LogP contribution < -0.4 is 9.62 Å². The van der Waals surface area contributed by atoms with E-state index in [1.54, 1.807) is 36.4 Å². The second-order valence-corrected chi connectivity index (χ2v) is 11.5. The Morgan fingerprint density at radius 2 is 1.51 bits per heavy atom. The highest BCUT2D eigenvalue weighted by Crippen LogP contribution is 2.26. The summed E-state index contributed by atoms with van der Waals surface area (Å²) in [4.78, 5) is 26.8. The molecular formula is C29H33N3O4S. The summed E-state index contributed by atoms with van der Waals surface area (Å²) in [6.45, 7) is 7.00. The fourth-order valence-corrected chi connectivity index (χ4v) is 5.89. The quantitative estimate of drug-likeness (QED) is 0.458. The van der Waals surface area contributed by atoms with Gasteiger partial charge in [-0.1, -0.05) is 48.0 Å². The van der Waals surface area contributed by atoms with E-state index in [1.807, 2.05) is 56.0 Å². The topological polar surface area (TPSA) is 86.8 Å². The van der Waals surface area contributed by atoms with Gasteiger partial charge in [-0.15, -0.1) is 0 Å². The van der Waals surface area contributed by atoms with Crippen molar-refractivity contribution in [2.75, 3.05) is 17.4 Å². The van der Waals surface area contributed by atoms with Gasteiger partial charge in [0.15, 0.2) is 0 Å². The van der Waals surface area contributed by atoms with Crippen molar-refractivity contribution >= 4 is 27.5 Å². The second kappa shape index (κ2) is 11.2. The van der Waals surface area contributed by atoms with Crippen LogP contribution in [0.3, 0.4) is 0 Å². The molecule has 1 heterocycles. The minimum Gasteiger partial charge on any atom is -0.350 e. The van der Waals surface area contributed by atoms with Crippen LogP contribution in [0, 0.1) is 20.8 Å². The Hall–Kier alpha value is -3.65. The van der Waals surface area contributed by atoms with Crippen LogP contribution in [0.1, 0.15) is 40.7 Å². The zero-order valence-corrected chi connectivity index (χ0v) is 22.3. The van der Waals surface area contributed by atoms with E-state index in [0.717, 1.165) is 40.8 Å². The lowest BCUT2D eigenvalue weighted by Gasteiger charge is -2.25. The van der Waals surface area contributed by atoms with E-state index in [4.69, 9.17) is 0 Å². The lowest BCUT2D eigenvalue weighted by molar-refractivity contribution is -0.128. The molecule has 37 heavy (non-hydrogen) atoms. The van der Waals surface area contributed by atoms with Gasteiger partial charge in [0.1, 0.15) is 6.54 Å². The zero-order valence-electron chi connectivity index (χ0n) is 21.5. The van der Waals surface area contributed by atoms with E-state index in [0.29, 0.717) is 18.7 Å². The molecule has 1 aliphatic rings. The number of sulfonamides is 1. The summed E-state index contributed by atoms with van der Waals surface area (Å²) < 4.78 is 28.4. The molecule has 1 N–H and O–H groups in total. The monoisotopic (exact) mass is 519 g/mol. The molecule has 0 spiro atoms. The van der Waals surface area contributed by atoms with Gasteiger partial charge in [0.25, 0.3) is 10.0 Å². The number of aryl methyl sites for hydroxylation is 3. The van der Waals surface area contributed by atoms with E-state index in [-0.39, 0.29) is 23.9 Å². The lowest BCUT2D eigenvalue weighted by Crippen LogP contribution is -2.40. The van der Waals surface area contributed by atoms with Crippen molar-refractivity contribution in [1.82, 2.24) is 10.2 Å². The summed E-state index contributed by atoms with van der Waals surface area (Å²) in [5.74, 6) is -0.216. The maximum atomic E-state index is 13.6. The minimum absolute atomic E-state index is 0.136. The molecule has 194 valence electrons. The Labute approximate surface area is 219 Å². The second-order valence-electron chi connectivity index (χ2n) is 9.68. The average molecular weight is 520 g/mol. The highest BCUT2D eigenvalue weighted by Gasteiger charge is 2.27. The number of likely N-dealkylation sites (tertiary alicyclic amines) is 1. The van der Waals surface area contributed by atoms with Crippen molar-refractivity contribution in [3.63, 3.8) is 0 Å². The van der Waals surface area contributed by atoms with Gasteiger partial charge in [-0.25, -0.2) is 8.42 Å². The number of amides is 2. The molecule has 0 saturated carbocycles. The standard InChI is InChI=1S/C29H33N3O4S/c1-21-6-12-27(13-7-21)37(35,36)32(26-16-22(2)15-23(3)17-26)20-28(33)30-18-24-8-10-25(11-9-24)19-31-14-4-5-29(31)34/h6-13,15-17H,4-5,14,18-20H2,1-3H3,(H,30,33). The normalized spacial score (nSPS) is 13.6. The third-order valence-electron chi connectivity index (χ3n) is 6.45. The van der Waals surface area contributed by atoms with Crippen LogP contribution in [0.15, 0.2) is 71.6 Å². The summed E-state index contributed by atoms with van der Waals surface area (Å²) in [5.41, 5.74) is 5.16. The number of benzene rings is 3.